The molecule has 3 rings (SSSR count). The predicted octanol–water partition coefficient (Wildman–Crippen LogP) is 2.68. The monoisotopic (exact) mass is 259 g/mol. The van der Waals surface area contributed by atoms with E-state index in [0.717, 1.165) is 12.5 Å². The van der Waals surface area contributed by atoms with Gasteiger partial charge in [-0.3, -0.25) is 4.79 Å². The van der Waals surface area contributed by atoms with Gasteiger partial charge in [0, 0.05) is 24.1 Å². The second-order valence-electron chi connectivity index (χ2n) is 4.43. The van der Waals surface area contributed by atoms with Gasteiger partial charge < -0.3 is 4.90 Å². The molecule has 0 spiro atoms. The van der Waals surface area contributed by atoms with E-state index in [1.54, 1.807) is 4.90 Å². The Labute approximate surface area is 104 Å². The van der Waals surface area contributed by atoms with E-state index >= 15 is 0 Å². The molecule has 5 heteroatoms. The van der Waals surface area contributed by atoms with Crippen molar-refractivity contribution >= 4 is 18.3 Å². The maximum atomic E-state index is 13.6. The van der Waals surface area contributed by atoms with Crippen LogP contribution in [0.3, 0.4) is 0 Å². The van der Waals surface area contributed by atoms with Gasteiger partial charge in [0.25, 0.3) is 0 Å². The number of halogens is 3. The highest BCUT2D eigenvalue weighted by molar-refractivity contribution is 5.85. The first-order valence-electron chi connectivity index (χ1n) is 5.42. The number of benzene rings is 1. The second kappa shape index (κ2) is 4.26. The molecule has 2 unspecified atom stereocenters. The van der Waals surface area contributed by atoms with Crippen LogP contribution in [-0.4, -0.2) is 17.4 Å². The molecule has 2 bridgehead atoms. The van der Waals surface area contributed by atoms with Crippen molar-refractivity contribution in [3.8, 4) is 0 Å². The average Bonchev–Trinajstić information content (AvgIpc) is 2.74. The summed E-state index contributed by atoms with van der Waals surface area (Å²) < 4.78 is 26.4. The molecule has 2 aliphatic heterocycles. The fraction of sp³-hybridized carbons (Fsp3) is 0.417. The Morgan fingerprint density at radius 1 is 1.29 bits per heavy atom. The smallest absolute Gasteiger partial charge is 0.226 e. The summed E-state index contributed by atoms with van der Waals surface area (Å²) in [5, 5.41) is 0. The molecular formula is C12H12ClF2NO. The number of rotatable bonds is 1. The third kappa shape index (κ3) is 1.80. The zero-order valence-electron chi connectivity index (χ0n) is 9.03. The molecule has 1 aromatic rings. The summed E-state index contributed by atoms with van der Waals surface area (Å²) in [5.74, 6) is -0.959. The first kappa shape index (κ1) is 12.3. The molecule has 17 heavy (non-hydrogen) atoms. The van der Waals surface area contributed by atoms with Crippen molar-refractivity contribution in [1.29, 1.82) is 0 Å². The van der Waals surface area contributed by atoms with Crippen LogP contribution >= 0.6 is 12.4 Å². The summed E-state index contributed by atoms with van der Waals surface area (Å²) in [5.41, 5.74) is 0.442. The molecule has 0 radical (unpaired) electrons. The number of carbonyl (C=O) groups excluding carboxylic acids is 1. The lowest BCUT2D eigenvalue weighted by Crippen LogP contribution is -2.25. The third-order valence-electron chi connectivity index (χ3n) is 3.56. The van der Waals surface area contributed by atoms with E-state index in [1.807, 2.05) is 0 Å². The number of piperidine rings is 1. The first-order chi connectivity index (χ1) is 7.66. The first-order valence-corrected chi connectivity index (χ1v) is 5.42. The highest BCUT2D eigenvalue weighted by atomic mass is 35.5. The maximum absolute atomic E-state index is 13.6. The van der Waals surface area contributed by atoms with Crippen molar-refractivity contribution in [3.05, 3.63) is 35.4 Å². The molecule has 92 valence electrons. The molecular weight excluding hydrogens is 248 g/mol. The molecule has 1 amide bonds. The van der Waals surface area contributed by atoms with E-state index in [0.29, 0.717) is 18.5 Å². The van der Waals surface area contributed by atoms with Gasteiger partial charge in [-0.2, -0.15) is 0 Å². The van der Waals surface area contributed by atoms with Crippen LogP contribution in [-0.2, 0) is 4.79 Å². The SMILES string of the molecule is Cl.O=C1C2CCN1C(c1ccc(F)cc1F)C2. The Kier molecular flexibility index (Phi) is 3.08. The minimum Gasteiger partial charge on any atom is -0.335 e. The van der Waals surface area contributed by atoms with Gasteiger partial charge in [0.1, 0.15) is 11.6 Å². The molecule has 2 atom stereocenters. The minimum absolute atomic E-state index is 0. The van der Waals surface area contributed by atoms with E-state index in [9.17, 15) is 13.6 Å². The number of hydrogen-bond donors (Lipinski definition) is 0. The molecule has 1 aromatic carbocycles. The number of carbonyl (C=O) groups is 1. The third-order valence-corrected chi connectivity index (χ3v) is 3.56. The van der Waals surface area contributed by atoms with Gasteiger partial charge in [-0.25, -0.2) is 8.78 Å². The fourth-order valence-corrected chi connectivity index (χ4v) is 2.75. The molecule has 0 aromatic heterocycles. The van der Waals surface area contributed by atoms with Crippen LogP contribution in [0.2, 0.25) is 0 Å². The van der Waals surface area contributed by atoms with Crippen LogP contribution in [0.15, 0.2) is 18.2 Å². The van der Waals surface area contributed by atoms with E-state index in [4.69, 9.17) is 0 Å². The Balaban J connectivity index is 0.00000108. The summed E-state index contributed by atoms with van der Waals surface area (Å²) in [4.78, 5) is 13.4. The van der Waals surface area contributed by atoms with Crippen molar-refractivity contribution < 1.29 is 13.6 Å². The highest BCUT2D eigenvalue weighted by Gasteiger charge is 2.45. The van der Waals surface area contributed by atoms with E-state index in [2.05, 4.69) is 0 Å². The number of nitrogens with zero attached hydrogens (tertiary/aromatic N) is 1. The van der Waals surface area contributed by atoms with Gasteiger partial charge >= 0.3 is 0 Å². The molecule has 2 aliphatic rings. The molecule has 0 aliphatic carbocycles. The van der Waals surface area contributed by atoms with Crippen LogP contribution in [0.4, 0.5) is 8.78 Å². The van der Waals surface area contributed by atoms with Crippen molar-refractivity contribution in [1.82, 2.24) is 4.90 Å². The minimum atomic E-state index is -0.578. The lowest BCUT2D eigenvalue weighted by molar-refractivity contribution is -0.128. The zero-order valence-corrected chi connectivity index (χ0v) is 9.84. The lowest BCUT2D eigenvalue weighted by atomic mass is 9.95. The van der Waals surface area contributed by atoms with Crippen LogP contribution in [0.25, 0.3) is 0 Å². The van der Waals surface area contributed by atoms with Crippen LogP contribution < -0.4 is 0 Å². The summed E-state index contributed by atoms with van der Waals surface area (Å²) in [6, 6.07) is 3.39. The summed E-state index contributed by atoms with van der Waals surface area (Å²) in [7, 11) is 0. The van der Waals surface area contributed by atoms with Crippen LogP contribution in [0.5, 0.6) is 0 Å². The number of fused-ring (bicyclic) bond motifs is 2. The van der Waals surface area contributed by atoms with Gasteiger partial charge in [0.2, 0.25) is 5.91 Å². The summed E-state index contributed by atoms with van der Waals surface area (Å²) >= 11 is 0. The number of amides is 1. The largest absolute Gasteiger partial charge is 0.335 e. The lowest BCUT2D eigenvalue weighted by Gasteiger charge is -2.25. The van der Waals surface area contributed by atoms with Crippen molar-refractivity contribution in [2.45, 2.75) is 18.9 Å². The predicted molar refractivity (Wildman–Crippen MR) is 60.8 cm³/mol. The van der Waals surface area contributed by atoms with Gasteiger partial charge in [-0.1, -0.05) is 6.07 Å². The molecule has 0 N–H and O–H groups in total. The second-order valence-corrected chi connectivity index (χ2v) is 4.43. The summed E-state index contributed by atoms with van der Waals surface area (Å²) in [6.07, 6.45) is 1.54. The molecule has 2 nitrogen and oxygen atoms in total. The normalized spacial score (nSPS) is 26.2. The topological polar surface area (TPSA) is 20.3 Å². The number of hydrogen-bond acceptors (Lipinski definition) is 1. The molecule has 2 fully saturated rings. The molecule has 2 saturated heterocycles. The van der Waals surface area contributed by atoms with Crippen molar-refractivity contribution in [2.75, 3.05) is 6.54 Å². The van der Waals surface area contributed by atoms with Crippen molar-refractivity contribution in [3.63, 3.8) is 0 Å². The highest BCUT2D eigenvalue weighted by Crippen LogP contribution is 2.43. The van der Waals surface area contributed by atoms with Gasteiger partial charge in [0.15, 0.2) is 0 Å². The van der Waals surface area contributed by atoms with E-state index in [1.165, 1.54) is 12.1 Å². The van der Waals surface area contributed by atoms with Crippen LogP contribution in [0.1, 0.15) is 24.4 Å². The Hall–Kier alpha value is -1.16. The molecule has 2 heterocycles. The maximum Gasteiger partial charge on any atom is 0.226 e. The fourth-order valence-electron chi connectivity index (χ4n) is 2.75. The standard InChI is InChI=1S/C12H11F2NO.ClH/c13-8-1-2-9(10(14)6-8)11-5-7-3-4-15(11)12(7)16;/h1-2,6-7,11H,3-5H2;1H. The van der Waals surface area contributed by atoms with Gasteiger partial charge in [-0.05, 0) is 18.9 Å². The Morgan fingerprint density at radius 3 is 2.59 bits per heavy atom. The molecule has 0 saturated carbocycles. The van der Waals surface area contributed by atoms with Gasteiger partial charge in [0.05, 0.1) is 6.04 Å². The Morgan fingerprint density at radius 2 is 2.06 bits per heavy atom. The van der Waals surface area contributed by atoms with E-state index in [-0.39, 0.29) is 30.3 Å². The Bertz CT molecular complexity index is 466. The van der Waals surface area contributed by atoms with Crippen molar-refractivity contribution in [2.24, 2.45) is 5.92 Å². The summed E-state index contributed by atoms with van der Waals surface area (Å²) in [6.45, 7) is 0.699. The average molecular weight is 260 g/mol. The quantitative estimate of drug-likeness (QED) is 0.759. The van der Waals surface area contributed by atoms with E-state index < -0.39 is 11.6 Å². The van der Waals surface area contributed by atoms with Crippen LogP contribution in [0, 0.1) is 17.6 Å². The van der Waals surface area contributed by atoms with Gasteiger partial charge in [-0.15, -0.1) is 12.4 Å². The zero-order chi connectivity index (χ0) is 11.3.